The molecule has 1 unspecified atom stereocenters. The first kappa shape index (κ1) is 16.1. The molecule has 7 nitrogen and oxygen atoms in total. The molecule has 1 atom stereocenters. The molecule has 118 valence electrons. The second-order valence-electron chi connectivity index (χ2n) is 5.11. The lowest BCUT2D eigenvalue weighted by molar-refractivity contribution is -0.148. The predicted molar refractivity (Wildman–Crippen MR) is 80.4 cm³/mol. The van der Waals surface area contributed by atoms with Gasteiger partial charge in [-0.1, -0.05) is 18.7 Å². The number of nitrogens with one attached hydrogen (secondary N) is 2. The fourth-order valence-electron chi connectivity index (χ4n) is 2.56. The number of carbonyl (C=O) groups is 1. The smallest absolute Gasteiger partial charge is 0.343 e. The predicted octanol–water partition coefficient (Wildman–Crippen LogP) is 0.615. The van der Waals surface area contributed by atoms with Crippen LogP contribution in [0.3, 0.4) is 0 Å². The van der Waals surface area contributed by atoms with Crippen LogP contribution in [0.25, 0.3) is 0 Å². The number of ether oxygens (including phenoxy) is 1. The minimum absolute atomic E-state index is 0.224. The van der Waals surface area contributed by atoms with Crippen LogP contribution in [-0.4, -0.2) is 45.7 Å². The Balaban J connectivity index is 2.18. The van der Waals surface area contributed by atoms with Crippen molar-refractivity contribution >= 4 is 17.7 Å². The summed E-state index contributed by atoms with van der Waals surface area (Å²) in [4.78, 5) is 23.9. The van der Waals surface area contributed by atoms with Crippen molar-refractivity contribution in [3.8, 4) is 0 Å². The molecule has 0 bridgehead atoms. The Morgan fingerprint density at radius 1 is 1.57 bits per heavy atom. The Morgan fingerprint density at radius 2 is 2.29 bits per heavy atom. The van der Waals surface area contributed by atoms with E-state index in [1.807, 2.05) is 13.8 Å². The number of aromatic nitrogens is 3. The number of H-pyrrole nitrogens is 1. The van der Waals surface area contributed by atoms with E-state index < -0.39 is 5.54 Å². The van der Waals surface area contributed by atoms with Gasteiger partial charge in [-0.3, -0.25) is 9.36 Å². The molecular formula is C13H22N4O3S. The molecule has 2 rings (SSSR count). The van der Waals surface area contributed by atoms with Crippen LogP contribution in [-0.2, 0) is 16.1 Å². The first-order chi connectivity index (χ1) is 10.1. The van der Waals surface area contributed by atoms with Crippen LogP contribution in [0.4, 0.5) is 0 Å². The quantitative estimate of drug-likeness (QED) is 0.540. The van der Waals surface area contributed by atoms with Gasteiger partial charge in [-0.25, -0.2) is 9.89 Å². The van der Waals surface area contributed by atoms with Crippen LogP contribution >= 0.6 is 11.8 Å². The Kier molecular flexibility index (Phi) is 5.10. The first-order valence-electron chi connectivity index (χ1n) is 7.20. The van der Waals surface area contributed by atoms with Gasteiger partial charge in [-0.15, -0.1) is 5.10 Å². The minimum Gasteiger partial charge on any atom is -0.468 e. The number of hydrogen-bond donors (Lipinski definition) is 2. The average molecular weight is 314 g/mol. The molecular weight excluding hydrogens is 292 g/mol. The summed E-state index contributed by atoms with van der Waals surface area (Å²) in [5.74, 6) is 0.557. The van der Waals surface area contributed by atoms with Crippen molar-refractivity contribution in [1.82, 2.24) is 20.1 Å². The highest BCUT2D eigenvalue weighted by atomic mass is 32.2. The van der Waals surface area contributed by atoms with E-state index >= 15 is 0 Å². The molecule has 0 radical (unpaired) electrons. The highest BCUT2D eigenvalue weighted by molar-refractivity contribution is 7.99. The highest BCUT2D eigenvalue weighted by Gasteiger charge is 2.51. The fourth-order valence-corrected chi connectivity index (χ4v) is 3.85. The van der Waals surface area contributed by atoms with Crippen molar-refractivity contribution in [3.63, 3.8) is 0 Å². The third-order valence-corrected chi connectivity index (χ3v) is 4.95. The molecule has 1 aromatic heterocycles. The van der Waals surface area contributed by atoms with Crippen molar-refractivity contribution in [3.05, 3.63) is 10.5 Å². The average Bonchev–Trinajstić information content (AvgIpc) is 3.27. The monoisotopic (exact) mass is 314 g/mol. The third kappa shape index (κ3) is 3.16. The Hall–Kier alpha value is -1.28. The van der Waals surface area contributed by atoms with E-state index in [2.05, 4.69) is 15.5 Å². The van der Waals surface area contributed by atoms with Crippen molar-refractivity contribution in [2.24, 2.45) is 5.92 Å². The second-order valence-corrected chi connectivity index (χ2v) is 6.05. The summed E-state index contributed by atoms with van der Waals surface area (Å²) in [6, 6.07) is 0. The topological polar surface area (TPSA) is 89.0 Å². The molecule has 1 aromatic rings. The molecule has 1 aliphatic rings. The number of aromatic amines is 1. The van der Waals surface area contributed by atoms with E-state index in [9.17, 15) is 9.59 Å². The highest BCUT2D eigenvalue weighted by Crippen LogP contribution is 2.42. The van der Waals surface area contributed by atoms with Gasteiger partial charge < -0.3 is 10.1 Å². The van der Waals surface area contributed by atoms with Crippen LogP contribution in [0, 0.1) is 5.92 Å². The van der Waals surface area contributed by atoms with Crippen LogP contribution in [0.5, 0.6) is 0 Å². The summed E-state index contributed by atoms with van der Waals surface area (Å²) >= 11 is 1.41. The van der Waals surface area contributed by atoms with Gasteiger partial charge in [0.15, 0.2) is 5.16 Å². The van der Waals surface area contributed by atoms with Gasteiger partial charge in [0, 0.05) is 12.3 Å². The summed E-state index contributed by atoms with van der Waals surface area (Å²) in [5, 5.41) is 10.4. The number of carbonyl (C=O) groups excluding carboxylic acids is 1. The van der Waals surface area contributed by atoms with Crippen molar-refractivity contribution in [2.45, 2.75) is 43.9 Å². The molecule has 1 aliphatic carbocycles. The number of likely N-dealkylation sites (N-methyl/N-ethyl adjacent to an activating group) is 1. The summed E-state index contributed by atoms with van der Waals surface area (Å²) in [7, 11) is 1.41. The summed E-state index contributed by atoms with van der Waals surface area (Å²) in [6.45, 7) is 5.10. The van der Waals surface area contributed by atoms with Gasteiger partial charge in [-0.05, 0) is 32.2 Å². The number of rotatable bonds is 8. The summed E-state index contributed by atoms with van der Waals surface area (Å²) in [6.07, 6.45) is 2.04. The van der Waals surface area contributed by atoms with E-state index in [1.165, 1.54) is 18.9 Å². The second kappa shape index (κ2) is 6.65. The standard InChI is InChI=1S/C13H22N4O3S/c1-4-14-13(9-6-7-9,10(18)20-3)8-21-12-16-15-11(19)17(12)5-2/h9,14H,4-8H2,1-3H3,(H,15,19). The maximum absolute atomic E-state index is 12.3. The molecule has 0 aliphatic heterocycles. The molecule has 21 heavy (non-hydrogen) atoms. The lowest BCUT2D eigenvalue weighted by Crippen LogP contribution is -2.56. The van der Waals surface area contributed by atoms with Crippen molar-refractivity contribution in [1.29, 1.82) is 0 Å². The number of thioether (sulfide) groups is 1. The van der Waals surface area contributed by atoms with E-state index in [4.69, 9.17) is 4.74 Å². The maximum atomic E-state index is 12.3. The summed E-state index contributed by atoms with van der Waals surface area (Å²) in [5.41, 5.74) is -0.916. The van der Waals surface area contributed by atoms with Gasteiger partial charge in [-0.2, -0.15) is 0 Å². The van der Waals surface area contributed by atoms with E-state index in [0.717, 1.165) is 12.8 Å². The molecule has 0 saturated heterocycles. The van der Waals surface area contributed by atoms with E-state index in [-0.39, 0.29) is 17.6 Å². The minimum atomic E-state index is -0.693. The summed E-state index contributed by atoms with van der Waals surface area (Å²) < 4.78 is 6.57. The maximum Gasteiger partial charge on any atom is 0.343 e. The van der Waals surface area contributed by atoms with Crippen LogP contribution in [0.2, 0.25) is 0 Å². The van der Waals surface area contributed by atoms with Crippen molar-refractivity contribution < 1.29 is 9.53 Å². The van der Waals surface area contributed by atoms with E-state index in [0.29, 0.717) is 24.0 Å². The molecule has 2 N–H and O–H groups in total. The van der Waals surface area contributed by atoms with Crippen LogP contribution < -0.4 is 11.0 Å². The molecule has 1 saturated carbocycles. The molecule has 0 aromatic carbocycles. The number of methoxy groups -OCH3 is 1. The molecule has 0 amide bonds. The Labute approximate surface area is 127 Å². The van der Waals surface area contributed by atoms with E-state index in [1.54, 1.807) is 4.57 Å². The number of esters is 1. The molecule has 1 fully saturated rings. The molecule has 1 heterocycles. The largest absolute Gasteiger partial charge is 0.468 e. The van der Waals surface area contributed by atoms with Gasteiger partial charge in [0.1, 0.15) is 5.54 Å². The zero-order valence-corrected chi connectivity index (χ0v) is 13.5. The SMILES string of the molecule is CCNC(CSc1n[nH]c(=O)n1CC)(C(=O)OC)C1CC1. The van der Waals surface area contributed by atoms with Gasteiger partial charge >= 0.3 is 11.7 Å². The molecule has 0 spiro atoms. The number of nitrogens with zero attached hydrogens (tertiary/aromatic N) is 2. The third-order valence-electron chi connectivity index (χ3n) is 3.78. The Morgan fingerprint density at radius 3 is 2.81 bits per heavy atom. The van der Waals surface area contributed by atoms with Crippen LogP contribution in [0.1, 0.15) is 26.7 Å². The molecule has 8 heteroatoms. The first-order valence-corrected chi connectivity index (χ1v) is 8.19. The van der Waals surface area contributed by atoms with Crippen molar-refractivity contribution in [2.75, 3.05) is 19.4 Å². The fraction of sp³-hybridized carbons (Fsp3) is 0.769. The lowest BCUT2D eigenvalue weighted by atomic mass is 9.95. The Bertz CT molecular complexity index is 552. The van der Waals surface area contributed by atoms with Gasteiger partial charge in [0.25, 0.3) is 0 Å². The van der Waals surface area contributed by atoms with Crippen LogP contribution in [0.15, 0.2) is 9.95 Å². The number of hydrogen-bond acceptors (Lipinski definition) is 6. The normalized spacial score (nSPS) is 17.5. The van der Waals surface area contributed by atoms with Gasteiger partial charge in [0.2, 0.25) is 0 Å². The zero-order valence-electron chi connectivity index (χ0n) is 12.6. The zero-order chi connectivity index (χ0) is 15.5. The lowest BCUT2D eigenvalue weighted by Gasteiger charge is -2.31. The van der Waals surface area contributed by atoms with Gasteiger partial charge in [0.05, 0.1) is 7.11 Å².